The predicted octanol–water partition coefficient (Wildman–Crippen LogP) is 3.27. The lowest BCUT2D eigenvalue weighted by Gasteiger charge is -2.26. The fourth-order valence-electron chi connectivity index (χ4n) is 3.36. The number of carbonyl (C=O) groups excluding carboxylic acids is 1. The Labute approximate surface area is 200 Å². The summed E-state index contributed by atoms with van der Waals surface area (Å²) in [5, 5.41) is 11.7. The van der Waals surface area contributed by atoms with E-state index in [1.807, 2.05) is 6.07 Å². The van der Waals surface area contributed by atoms with Crippen LogP contribution in [0, 0.1) is 28.8 Å². The number of halogens is 5. The van der Waals surface area contributed by atoms with Crippen LogP contribution >= 0.6 is 0 Å². The van der Waals surface area contributed by atoms with Crippen molar-refractivity contribution in [1.29, 1.82) is 5.26 Å². The molecule has 1 amide bonds. The maximum atomic E-state index is 13.9. The van der Waals surface area contributed by atoms with E-state index in [-0.39, 0.29) is 42.9 Å². The average Bonchev–Trinajstić information content (AvgIpc) is 2.82. The molecular weight excluding hydrogens is 469 g/mol. The molecule has 0 fully saturated rings. The molecule has 2 aromatic carbocycles. The van der Waals surface area contributed by atoms with Crippen LogP contribution in [0.2, 0.25) is 0 Å². The van der Waals surface area contributed by atoms with Crippen molar-refractivity contribution in [2.24, 2.45) is 11.5 Å². The molecule has 2 rings (SSSR count). The number of carbonyl (C=O) groups is 1. The summed E-state index contributed by atoms with van der Waals surface area (Å²) in [5.41, 5.74) is 12.9. The number of nitrogens with one attached hydrogen (secondary N) is 1. The van der Waals surface area contributed by atoms with E-state index in [1.54, 1.807) is 25.1 Å². The van der Waals surface area contributed by atoms with Gasteiger partial charge in [0.2, 0.25) is 5.91 Å². The van der Waals surface area contributed by atoms with Gasteiger partial charge in [-0.2, -0.15) is 5.26 Å². The largest absolute Gasteiger partial charge is 0.397 e. The van der Waals surface area contributed by atoms with Gasteiger partial charge in [-0.15, -0.1) is 0 Å². The average molecular weight is 495 g/mol. The van der Waals surface area contributed by atoms with Gasteiger partial charge in [0.05, 0.1) is 36.1 Å². The van der Waals surface area contributed by atoms with Crippen LogP contribution in [0.5, 0.6) is 0 Å². The van der Waals surface area contributed by atoms with E-state index in [4.69, 9.17) is 16.7 Å². The van der Waals surface area contributed by atoms with Crippen LogP contribution < -0.4 is 16.8 Å². The summed E-state index contributed by atoms with van der Waals surface area (Å²) in [7, 11) is 0. The van der Waals surface area contributed by atoms with Crippen LogP contribution in [0.15, 0.2) is 42.1 Å². The highest BCUT2D eigenvalue weighted by molar-refractivity contribution is 5.78. The minimum Gasteiger partial charge on any atom is -0.397 e. The summed E-state index contributed by atoms with van der Waals surface area (Å²) in [5.74, 6) is -4.02. The van der Waals surface area contributed by atoms with Gasteiger partial charge in [-0.3, -0.25) is 4.79 Å². The number of hydrogen-bond donors (Lipinski definition) is 3. The molecular formula is C24H26F5N5O. The number of rotatable bonds is 11. The molecule has 0 heterocycles. The molecule has 0 radical (unpaired) electrons. The molecule has 0 aliphatic carbocycles. The Bertz CT molecular complexity index is 1120. The van der Waals surface area contributed by atoms with E-state index in [0.29, 0.717) is 23.3 Å². The third-order valence-electron chi connectivity index (χ3n) is 5.19. The first-order chi connectivity index (χ1) is 16.5. The van der Waals surface area contributed by atoms with Crippen LogP contribution in [-0.2, 0) is 11.2 Å². The van der Waals surface area contributed by atoms with E-state index >= 15 is 0 Å². The first-order valence-corrected chi connectivity index (χ1v) is 10.7. The molecule has 0 aliphatic rings. The van der Waals surface area contributed by atoms with Gasteiger partial charge >= 0.3 is 0 Å². The Kier molecular flexibility index (Phi) is 10.0. The van der Waals surface area contributed by atoms with E-state index in [0.717, 1.165) is 0 Å². The van der Waals surface area contributed by atoms with Gasteiger partial charge in [-0.05, 0) is 37.1 Å². The molecule has 0 saturated heterocycles. The summed E-state index contributed by atoms with van der Waals surface area (Å²) in [4.78, 5) is 14.2. The molecule has 0 bridgehead atoms. The molecule has 0 aliphatic heterocycles. The molecule has 0 aromatic heterocycles. The molecule has 188 valence electrons. The maximum absolute atomic E-state index is 13.9. The Balaban J connectivity index is 2.20. The highest BCUT2D eigenvalue weighted by Gasteiger charge is 2.21. The lowest BCUT2D eigenvalue weighted by atomic mass is 10.0. The monoisotopic (exact) mass is 495 g/mol. The molecule has 5 N–H and O–H groups in total. The summed E-state index contributed by atoms with van der Waals surface area (Å²) in [6.45, 7) is 0.970. The number of amides is 1. The highest BCUT2D eigenvalue weighted by atomic mass is 19.3. The van der Waals surface area contributed by atoms with Gasteiger partial charge < -0.3 is 21.7 Å². The fraction of sp³-hybridized carbons (Fsp3) is 0.333. The van der Waals surface area contributed by atoms with Gasteiger partial charge in [0.25, 0.3) is 6.43 Å². The molecule has 0 spiro atoms. The van der Waals surface area contributed by atoms with Crippen LogP contribution in [-0.4, -0.2) is 42.9 Å². The lowest BCUT2D eigenvalue weighted by molar-refractivity contribution is -0.131. The molecule has 0 saturated carbocycles. The van der Waals surface area contributed by atoms with Crippen molar-refractivity contribution in [1.82, 2.24) is 10.2 Å². The number of hydrogen-bond acceptors (Lipinski definition) is 5. The van der Waals surface area contributed by atoms with Gasteiger partial charge in [0.15, 0.2) is 11.6 Å². The van der Waals surface area contributed by atoms with Crippen molar-refractivity contribution in [2.75, 3.05) is 19.6 Å². The Hall–Kier alpha value is -3.65. The van der Waals surface area contributed by atoms with Crippen molar-refractivity contribution < 1.29 is 26.7 Å². The van der Waals surface area contributed by atoms with Crippen LogP contribution in [0.4, 0.5) is 22.0 Å². The van der Waals surface area contributed by atoms with Crippen LogP contribution in [0.25, 0.3) is 5.70 Å². The van der Waals surface area contributed by atoms with Gasteiger partial charge in [0.1, 0.15) is 5.82 Å². The lowest BCUT2D eigenvalue weighted by Crippen LogP contribution is -2.40. The standard InChI is InChI=1S/C24H26F5N5O/c1-2-34(23(35)9-17(31)7-16-8-19(26)20(27)10-18(16)25)13-21(33-12-22(28)29)24(32)15-5-3-4-14(6-15)11-30/h3-6,8,10,17,22,33H,2,7,9,12-13,31-32H2,1H3/b24-21-. The number of nitrogens with two attached hydrogens (primary N) is 2. The topological polar surface area (TPSA) is 108 Å². The van der Waals surface area contributed by atoms with Gasteiger partial charge in [-0.1, -0.05) is 12.1 Å². The summed E-state index contributed by atoms with van der Waals surface area (Å²) in [6, 6.07) is 8.39. The third kappa shape index (κ3) is 7.96. The van der Waals surface area contributed by atoms with Crippen molar-refractivity contribution in [3.63, 3.8) is 0 Å². The quantitative estimate of drug-likeness (QED) is 0.328. The number of nitrogens with zero attached hydrogens (tertiary/aromatic N) is 2. The zero-order chi connectivity index (χ0) is 26.1. The molecule has 6 nitrogen and oxygen atoms in total. The van der Waals surface area contributed by atoms with Crippen molar-refractivity contribution in [3.8, 4) is 6.07 Å². The zero-order valence-electron chi connectivity index (χ0n) is 19.0. The second-order valence-corrected chi connectivity index (χ2v) is 7.79. The van der Waals surface area contributed by atoms with E-state index in [2.05, 4.69) is 5.32 Å². The Morgan fingerprint density at radius 2 is 1.83 bits per heavy atom. The van der Waals surface area contributed by atoms with E-state index in [9.17, 15) is 26.7 Å². The van der Waals surface area contributed by atoms with Crippen LogP contribution in [0.1, 0.15) is 30.0 Å². The van der Waals surface area contributed by atoms with Crippen molar-refractivity contribution in [2.45, 2.75) is 32.2 Å². The third-order valence-corrected chi connectivity index (χ3v) is 5.19. The number of nitriles is 1. The maximum Gasteiger partial charge on any atom is 0.255 e. The molecule has 35 heavy (non-hydrogen) atoms. The zero-order valence-corrected chi connectivity index (χ0v) is 19.0. The molecule has 11 heteroatoms. The van der Waals surface area contributed by atoms with Crippen LogP contribution in [0.3, 0.4) is 0 Å². The molecule has 2 aromatic rings. The van der Waals surface area contributed by atoms with Gasteiger partial charge in [0, 0.05) is 30.6 Å². The number of benzene rings is 2. The summed E-state index contributed by atoms with van der Waals surface area (Å²) in [6.07, 6.45) is -3.17. The Morgan fingerprint density at radius 1 is 1.14 bits per heavy atom. The summed E-state index contributed by atoms with van der Waals surface area (Å²) < 4.78 is 66.2. The first kappa shape index (κ1) is 27.6. The summed E-state index contributed by atoms with van der Waals surface area (Å²) >= 11 is 0. The molecule has 1 atom stereocenters. The SMILES string of the molecule is CCN(C/C(NCC(F)F)=C(/N)c1cccc(C#N)c1)C(=O)CC(N)Cc1cc(F)c(F)cc1F. The number of alkyl halides is 2. The van der Waals surface area contributed by atoms with E-state index < -0.39 is 42.4 Å². The van der Waals surface area contributed by atoms with Crippen molar-refractivity contribution >= 4 is 11.6 Å². The predicted molar refractivity (Wildman–Crippen MR) is 121 cm³/mol. The fourth-order valence-corrected chi connectivity index (χ4v) is 3.36. The van der Waals surface area contributed by atoms with Crippen molar-refractivity contribution in [3.05, 3.63) is 76.2 Å². The minimum atomic E-state index is -2.69. The number of likely N-dealkylation sites (N-methyl/N-ethyl adjacent to an activating group) is 1. The normalized spacial score (nSPS) is 12.7. The second kappa shape index (κ2) is 12.7. The Morgan fingerprint density at radius 3 is 2.46 bits per heavy atom. The molecule has 1 unspecified atom stereocenters. The van der Waals surface area contributed by atoms with Gasteiger partial charge in [-0.25, -0.2) is 22.0 Å². The highest BCUT2D eigenvalue weighted by Crippen LogP contribution is 2.18. The smallest absolute Gasteiger partial charge is 0.255 e. The second-order valence-electron chi connectivity index (χ2n) is 7.79. The minimum absolute atomic E-state index is 0.0853. The first-order valence-electron chi connectivity index (χ1n) is 10.7. The van der Waals surface area contributed by atoms with E-state index in [1.165, 1.54) is 11.0 Å².